The SMILES string of the molecule is CC[C@@H](C(N)=O)N1CCCC1=O.NS(=O)(=O)Cc1noc2ccccc12. The third-order valence-electron chi connectivity index (χ3n) is 3.99. The highest BCUT2D eigenvalue weighted by Crippen LogP contribution is 2.18. The van der Waals surface area contributed by atoms with E-state index in [1.165, 1.54) is 0 Å². The van der Waals surface area contributed by atoms with Crippen molar-refractivity contribution in [1.29, 1.82) is 0 Å². The molecule has 142 valence electrons. The number of amides is 2. The highest BCUT2D eigenvalue weighted by Gasteiger charge is 2.29. The Kier molecular flexibility index (Phi) is 6.32. The number of primary amides is 1. The van der Waals surface area contributed by atoms with Crippen molar-refractivity contribution in [3.63, 3.8) is 0 Å². The molecule has 10 heteroatoms. The van der Waals surface area contributed by atoms with Gasteiger partial charge in [-0.15, -0.1) is 0 Å². The van der Waals surface area contributed by atoms with Gasteiger partial charge in [0.25, 0.3) is 0 Å². The highest BCUT2D eigenvalue weighted by molar-refractivity contribution is 7.88. The van der Waals surface area contributed by atoms with E-state index in [1.807, 2.05) is 6.92 Å². The van der Waals surface area contributed by atoms with E-state index in [-0.39, 0.29) is 17.7 Å². The number of aromatic nitrogens is 1. The van der Waals surface area contributed by atoms with Gasteiger partial charge in [0.2, 0.25) is 21.8 Å². The lowest BCUT2D eigenvalue weighted by molar-refractivity contribution is -0.136. The third-order valence-corrected chi connectivity index (χ3v) is 4.67. The lowest BCUT2D eigenvalue weighted by Gasteiger charge is -2.23. The van der Waals surface area contributed by atoms with Crippen LogP contribution in [0.25, 0.3) is 11.0 Å². The molecule has 4 N–H and O–H groups in total. The van der Waals surface area contributed by atoms with E-state index < -0.39 is 15.9 Å². The van der Waals surface area contributed by atoms with Crippen molar-refractivity contribution >= 4 is 32.8 Å². The van der Waals surface area contributed by atoms with E-state index in [1.54, 1.807) is 29.2 Å². The van der Waals surface area contributed by atoms with Gasteiger partial charge in [-0.3, -0.25) is 9.59 Å². The minimum absolute atomic E-state index is 0.0562. The van der Waals surface area contributed by atoms with Crippen LogP contribution in [0.4, 0.5) is 0 Å². The summed E-state index contributed by atoms with van der Waals surface area (Å²) in [4.78, 5) is 23.7. The molecule has 0 aliphatic carbocycles. The largest absolute Gasteiger partial charge is 0.368 e. The Morgan fingerprint density at radius 2 is 2.08 bits per heavy atom. The van der Waals surface area contributed by atoms with Gasteiger partial charge < -0.3 is 15.2 Å². The fourth-order valence-electron chi connectivity index (χ4n) is 2.81. The first kappa shape index (κ1) is 19.9. The predicted molar refractivity (Wildman–Crippen MR) is 95.0 cm³/mol. The van der Waals surface area contributed by atoms with Crippen molar-refractivity contribution in [1.82, 2.24) is 10.1 Å². The maximum absolute atomic E-state index is 11.2. The summed E-state index contributed by atoms with van der Waals surface area (Å²) in [7, 11) is -3.56. The second kappa shape index (κ2) is 8.28. The molecule has 1 aliphatic rings. The molecule has 0 saturated carbocycles. The molecule has 1 aromatic heterocycles. The highest BCUT2D eigenvalue weighted by atomic mass is 32.2. The summed E-state index contributed by atoms with van der Waals surface area (Å²) in [5, 5.41) is 9.24. The van der Waals surface area contributed by atoms with E-state index in [0.29, 0.717) is 36.0 Å². The molecule has 1 atom stereocenters. The molecule has 0 bridgehead atoms. The number of hydrogen-bond acceptors (Lipinski definition) is 6. The first-order chi connectivity index (χ1) is 12.2. The fourth-order valence-corrected chi connectivity index (χ4v) is 3.40. The van der Waals surface area contributed by atoms with Gasteiger partial charge in [-0.05, 0) is 25.0 Å². The first-order valence-corrected chi connectivity index (χ1v) is 9.87. The van der Waals surface area contributed by atoms with Gasteiger partial charge >= 0.3 is 0 Å². The number of nitrogens with zero attached hydrogens (tertiary/aromatic N) is 2. The maximum Gasteiger partial charge on any atom is 0.240 e. The van der Waals surface area contributed by atoms with Gasteiger partial charge in [-0.25, -0.2) is 13.6 Å². The lowest BCUT2D eigenvalue weighted by atomic mass is 10.2. The fraction of sp³-hybridized carbons (Fsp3) is 0.438. The number of rotatable bonds is 5. The van der Waals surface area contributed by atoms with E-state index in [4.69, 9.17) is 15.4 Å². The van der Waals surface area contributed by atoms with Crippen LogP contribution in [0.15, 0.2) is 28.8 Å². The predicted octanol–water partition coefficient (Wildman–Crippen LogP) is 0.489. The van der Waals surface area contributed by atoms with Gasteiger partial charge in [0.15, 0.2) is 5.58 Å². The molecule has 0 unspecified atom stereocenters. The summed E-state index contributed by atoms with van der Waals surface area (Å²) in [6, 6.07) is 6.64. The molecular formula is C16H22N4O5S. The van der Waals surface area contributed by atoms with Crippen molar-refractivity contribution in [2.75, 3.05) is 6.54 Å². The molecule has 0 radical (unpaired) electrons. The zero-order valence-electron chi connectivity index (χ0n) is 14.4. The summed E-state index contributed by atoms with van der Waals surface area (Å²) >= 11 is 0. The summed E-state index contributed by atoms with van der Waals surface area (Å²) in [5.41, 5.74) is 6.07. The zero-order valence-corrected chi connectivity index (χ0v) is 15.2. The molecule has 3 rings (SSSR count). The number of para-hydroxylation sites is 1. The number of hydrogen-bond donors (Lipinski definition) is 2. The number of sulfonamides is 1. The summed E-state index contributed by atoms with van der Waals surface area (Å²) in [6.07, 6.45) is 2.02. The topological polar surface area (TPSA) is 150 Å². The van der Waals surface area contributed by atoms with Gasteiger partial charge in [-0.2, -0.15) is 0 Å². The molecular weight excluding hydrogens is 360 g/mol. The minimum Gasteiger partial charge on any atom is -0.368 e. The van der Waals surface area contributed by atoms with Crippen molar-refractivity contribution in [2.45, 2.75) is 38.0 Å². The monoisotopic (exact) mass is 382 g/mol. The van der Waals surface area contributed by atoms with Crippen LogP contribution in [0, 0.1) is 0 Å². The van der Waals surface area contributed by atoms with Gasteiger partial charge in [0.1, 0.15) is 17.5 Å². The Labute approximate surface area is 151 Å². The van der Waals surface area contributed by atoms with Gasteiger partial charge in [0, 0.05) is 18.4 Å². The number of fused-ring (bicyclic) bond motifs is 1. The smallest absolute Gasteiger partial charge is 0.240 e. The van der Waals surface area contributed by atoms with Crippen molar-refractivity contribution in [2.24, 2.45) is 10.9 Å². The zero-order chi connectivity index (χ0) is 19.3. The molecule has 1 aromatic carbocycles. The Morgan fingerprint density at radius 1 is 1.38 bits per heavy atom. The average Bonchev–Trinajstić information content (AvgIpc) is 3.15. The van der Waals surface area contributed by atoms with Crippen LogP contribution in [-0.4, -0.2) is 42.9 Å². The standard InChI is InChI=1S/C8H8N2O3S.C8H14N2O2/c9-14(11,12)5-7-6-3-1-2-4-8(6)13-10-7;1-2-6(8(9)12)10-5-3-4-7(10)11/h1-4H,5H2,(H2,9,11,12);6H,2-5H2,1H3,(H2,9,12)/t;6-/m.0/s1. The number of benzene rings is 1. The molecule has 26 heavy (non-hydrogen) atoms. The Hall–Kier alpha value is -2.46. The number of likely N-dealkylation sites (tertiary alicyclic amines) is 1. The van der Waals surface area contributed by atoms with Crippen LogP contribution in [0.5, 0.6) is 0 Å². The van der Waals surface area contributed by atoms with Gasteiger partial charge in [-0.1, -0.05) is 24.2 Å². The van der Waals surface area contributed by atoms with Crippen molar-refractivity contribution < 1.29 is 22.5 Å². The normalized spacial score (nSPS) is 15.6. The first-order valence-electron chi connectivity index (χ1n) is 8.15. The molecule has 1 aliphatic heterocycles. The van der Waals surface area contributed by atoms with Crippen LogP contribution < -0.4 is 10.9 Å². The Balaban J connectivity index is 0.000000190. The summed E-state index contributed by atoms with van der Waals surface area (Å²) in [6.45, 7) is 2.54. The lowest BCUT2D eigenvalue weighted by Crippen LogP contribution is -2.44. The molecule has 0 spiro atoms. The average molecular weight is 382 g/mol. The number of carbonyl (C=O) groups is 2. The number of nitrogens with two attached hydrogens (primary N) is 2. The molecule has 1 fully saturated rings. The molecule has 1 saturated heterocycles. The Bertz CT molecular complexity index is 893. The second-order valence-electron chi connectivity index (χ2n) is 5.95. The molecule has 2 aromatic rings. The van der Waals surface area contributed by atoms with Crippen molar-refractivity contribution in [3.8, 4) is 0 Å². The Morgan fingerprint density at radius 3 is 2.62 bits per heavy atom. The number of carbonyl (C=O) groups excluding carboxylic acids is 2. The van der Waals surface area contributed by atoms with Crippen LogP contribution >= 0.6 is 0 Å². The minimum atomic E-state index is -3.56. The van der Waals surface area contributed by atoms with E-state index >= 15 is 0 Å². The maximum atomic E-state index is 11.2. The van der Waals surface area contributed by atoms with Crippen LogP contribution in [0.2, 0.25) is 0 Å². The third kappa shape index (κ3) is 5.02. The van der Waals surface area contributed by atoms with Crippen LogP contribution in [-0.2, 0) is 25.4 Å². The molecule has 9 nitrogen and oxygen atoms in total. The molecule has 2 heterocycles. The van der Waals surface area contributed by atoms with Crippen LogP contribution in [0.3, 0.4) is 0 Å². The number of primary sulfonamides is 1. The summed E-state index contributed by atoms with van der Waals surface area (Å²) < 4.78 is 26.6. The van der Waals surface area contributed by atoms with E-state index in [0.717, 1.165) is 6.42 Å². The van der Waals surface area contributed by atoms with E-state index in [2.05, 4.69) is 5.16 Å². The second-order valence-corrected chi connectivity index (χ2v) is 7.56. The molecule has 2 amide bonds. The van der Waals surface area contributed by atoms with Crippen LogP contribution in [0.1, 0.15) is 31.9 Å². The quantitative estimate of drug-likeness (QED) is 0.768. The van der Waals surface area contributed by atoms with Gasteiger partial charge in [0.05, 0.1) is 0 Å². The van der Waals surface area contributed by atoms with E-state index in [9.17, 15) is 18.0 Å². The summed E-state index contributed by atoms with van der Waals surface area (Å²) in [5.74, 6) is -0.641. The van der Waals surface area contributed by atoms with Crippen molar-refractivity contribution in [3.05, 3.63) is 30.0 Å².